The molecule has 136 valence electrons. The number of amides is 1. The van der Waals surface area contributed by atoms with Gasteiger partial charge in [0, 0.05) is 4.90 Å². The number of thioether (sulfide) groups is 1. The molecule has 0 saturated heterocycles. The monoisotopic (exact) mass is 394 g/mol. The van der Waals surface area contributed by atoms with Gasteiger partial charge in [-0.25, -0.2) is 4.98 Å². The Morgan fingerprint density at radius 1 is 1.19 bits per heavy atom. The molecule has 0 unspecified atom stereocenters. The van der Waals surface area contributed by atoms with Gasteiger partial charge >= 0.3 is 0 Å². The molecule has 0 fully saturated rings. The van der Waals surface area contributed by atoms with Crippen molar-refractivity contribution >= 4 is 55.1 Å². The lowest BCUT2D eigenvalue weighted by Gasteiger charge is -2.12. The minimum absolute atomic E-state index is 0.209. The van der Waals surface area contributed by atoms with Crippen molar-refractivity contribution in [3.05, 3.63) is 60.2 Å². The molecule has 1 heterocycles. The van der Waals surface area contributed by atoms with E-state index in [1.165, 1.54) is 16.2 Å². The molecule has 0 bridgehead atoms. The first-order chi connectivity index (χ1) is 13.2. The molecule has 0 saturated carbocycles. The predicted molar refractivity (Wildman–Crippen MR) is 114 cm³/mol. The zero-order valence-electron chi connectivity index (χ0n) is 15.0. The highest BCUT2D eigenvalue weighted by Gasteiger charge is 2.18. The molecule has 0 aliphatic carbocycles. The Balaban J connectivity index is 1.73. The standard InChI is InChI=1S/C21H18N2O2S2/c1-3-25-17-11-8-13-6-4-5-7-15(13)19(17)20(24)23-21-22-16-10-9-14(26-2)12-18(16)27-21/h4-12H,3H2,1-2H3,(H,22,23,24). The molecule has 0 aliphatic rings. The second kappa shape index (κ2) is 7.58. The third kappa shape index (κ3) is 3.50. The third-order valence-corrected chi connectivity index (χ3v) is 5.89. The molecule has 4 rings (SSSR count). The Bertz CT molecular complexity index is 1140. The zero-order valence-corrected chi connectivity index (χ0v) is 16.6. The van der Waals surface area contributed by atoms with E-state index in [1.54, 1.807) is 11.8 Å². The number of anilines is 1. The number of aromatic nitrogens is 1. The van der Waals surface area contributed by atoms with Gasteiger partial charge in [-0.3, -0.25) is 10.1 Å². The van der Waals surface area contributed by atoms with E-state index < -0.39 is 0 Å². The van der Waals surface area contributed by atoms with Crippen LogP contribution in [0.3, 0.4) is 0 Å². The highest BCUT2D eigenvalue weighted by Crippen LogP contribution is 2.32. The molecular formula is C21H18N2O2S2. The minimum atomic E-state index is -0.209. The van der Waals surface area contributed by atoms with Crippen molar-refractivity contribution in [2.24, 2.45) is 0 Å². The second-order valence-electron chi connectivity index (χ2n) is 5.90. The van der Waals surface area contributed by atoms with E-state index in [1.807, 2.05) is 61.7 Å². The molecular weight excluding hydrogens is 376 g/mol. The average Bonchev–Trinajstić information content (AvgIpc) is 3.09. The van der Waals surface area contributed by atoms with Crippen LogP contribution in [0.25, 0.3) is 21.0 Å². The molecule has 3 aromatic carbocycles. The summed E-state index contributed by atoms with van der Waals surface area (Å²) in [5.41, 5.74) is 1.43. The predicted octanol–water partition coefficient (Wildman–Crippen LogP) is 5.82. The van der Waals surface area contributed by atoms with Gasteiger partial charge in [0.15, 0.2) is 5.13 Å². The van der Waals surface area contributed by atoms with Crippen LogP contribution in [0, 0.1) is 0 Å². The Morgan fingerprint density at radius 2 is 2.04 bits per heavy atom. The number of thiazole rings is 1. The van der Waals surface area contributed by atoms with E-state index in [4.69, 9.17) is 4.74 Å². The first-order valence-corrected chi connectivity index (χ1v) is 10.6. The Morgan fingerprint density at radius 3 is 2.85 bits per heavy atom. The van der Waals surface area contributed by atoms with Crippen molar-refractivity contribution in [3.63, 3.8) is 0 Å². The number of nitrogens with one attached hydrogen (secondary N) is 1. The molecule has 4 nitrogen and oxygen atoms in total. The van der Waals surface area contributed by atoms with Crippen LogP contribution < -0.4 is 10.1 Å². The summed E-state index contributed by atoms with van der Waals surface area (Å²) in [4.78, 5) is 18.8. The topological polar surface area (TPSA) is 51.2 Å². The summed E-state index contributed by atoms with van der Waals surface area (Å²) >= 11 is 3.16. The molecule has 0 aliphatic heterocycles. The smallest absolute Gasteiger partial charge is 0.261 e. The minimum Gasteiger partial charge on any atom is -0.493 e. The van der Waals surface area contributed by atoms with Gasteiger partial charge in [0.05, 0.1) is 22.4 Å². The van der Waals surface area contributed by atoms with E-state index >= 15 is 0 Å². The van der Waals surface area contributed by atoms with Crippen LogP contribution >= 0.6 is 23.1 Å². The maximum atomic E-state index is 13.1. The molecule has 0 radical (unpaired) electrons. The summed E-state index contributed by atoms with van der Waals surface area (Å²) in [6, 6.07) is 17.8. The Kier molecular flexibility index (Phi) is 5.01. The highest BCUT2D eigenvalue weighted by atomic mass is 32.2. The van der Waals surface area contributed by atoms with Crippen LogP contribution in [0.5, 0.6) is 5.75 Å². The SMILES string of the molecule is CCOc1ccc2ccccc2c1C(=O)Nc1nc2ccc(SC)cc2s1. The number of hydrogen-bond acceptors (Lipinski definition) is 5. The van der Waals surface area contributed by atoms with Crippen LogP contribution in [0.1, 0.15) is 17.3 Å². The van der Waals surface area contributed by atoms with Gasteiger partial charge in [-0.05, 0) is 48.2 Å². The zero-order chi connectivity index (χ0) is 18.8. The Hall–Kier alpha value is -2.57. The van der Waals surface area contributed by atoms with Crippen molar-refractivity contribution in [1.29, 1.82) is 0 Å². The summed E-state index contributed by atoms with van der Waals surface area (Å²) < 4.78 is 6.77. The maximum absolute atomic E-state index is 13.1. The number of fused-ring (bicyclic) bond motifs is 2. The van der Waals surface area contributed by atoms with Gasteiger partial charge in [-0.15, -0.1) is 11.8 Å². The molecule has 0 atom stereocenters. The van der Waals surface area contributed by atoms with E-state index in [2.05, 4.69) is 16.4 Å². The number of carbonyl (C=O) groups is 1. The van der Waals surface area contributed by atoms with E-state index in [9.17, 15) is 4.79 Å². The van der Waals surface area contributed by atoms with Crippen LogP contribution in [-0.2, 0) is 0 Å². The summed E-state index contributed by atoms with van der Waals surface area (Å²) in [6.07, 6.45) is 2.04. The quantitative estimate of drug-likeness (QED) is 0.433. The van der Waals surface area contributed by atoms with Crippen LogP contribution in [-0.4, -0.2) is 23.8 Å². The lowest BCUT2D eigenvalue weighted by Crippen LogP contribution is -2.14. The van der Waals surface area contributed by atoms with Crippen molar-refractivity contribution in [2.45, 2.75) is 11.8 Å². The fourth-order valence-electron chi connectivity index (χ4n) is 3.01. The molecule has 27 heavy (non-hydrogen) atoms. The first kappa shape index (κ1) is 17.8. The van der Waals surface area contributed by atoms with Crippen molar-refractivity contribution in [1.82, 2.24) is 4.98 Å². The van der Waals surface area contributed by atoms with Crippen LogP contribution in [0.2, 0.25) is 0 Å². The number of carbonyl (C=O) groups excluding carboxylic acids is 1. The maximum Gasteiger partial charge on any atom is 0.261 e. The molecule has 6 heteroatoms. The molecule has 1 amide bonds. The Labute approximate surface area is 165 Å². The van der Waals surface area contributed by atoms with Crippen LogP contribution in [0.4, 0.5) is 5.13 Å². The molecule has 0 spiro atoms. The number of nitrogens with zero attached hydrogens (tertiary/aromatic N) is 1. The average molecular weight is 395 g/mol. The lowest BCUT2D eigenvalue weighted by molar-refractivity contribution is 0.102. The fourth-order valence-corrected chi connectivity index (χ4v) is 4.42. The highest BCUT2D eigenvalue weighted by molar-refractivity contribution is 7.98. The van der Waals surface area contributed by atoms with Gasteiger partial charge in [-0.2, -0.15) is 0 Å². The summed E-state index contributed by atoms with van der Waals surface area (Å²) in [5.74, 6) is 0.374. The van der Waals surface area contributed by atoms with E-state index in [0.717, 1.165) is 21.0 Å². The van der Waals surface area contributed by atoms with Crippen LogP contribution in [0.15, 0.2) is 59.5 Å². The van der Waals surface area contributed by atoms with Gasteiger partial charge in [0.1, 0.15) is 5.75 Å². The largest absolute Gasteiger partial charge is 0.493 e. The molecule has 1 aromatic heterocycles. The molecule has 1 N–H and O–H groups in total. The van der Waals surface area contributed by atoms with E-state index in [0.29, 0.717) is 23.1 Å². The number of benzene rings is 3. The molecule has 4 aromatic rings. The lowest BCUT2D eigenvalue weighted by atomic mass is 10.0. The van der Waals surface area contributed by atoms with Crippen molar-refractivity contribution < 1.29 is 9.53 Å². The number of ether oxygens (including phenoxy) is 1. The number of hydrogen-bond donors (Lipinski definition) is 1. The van der Waals surface area contributed by atoms with Gasteiger partial charge < -0.3 is 4.74 Å². The summed E-state index contributed by atoms with van der Waals surface area (Å²) in [5, 5.41) is 5.41. The third-order valence-electron chi connectivity index (χ3n) is 4.23. The summed E-state index contributed by atoms with van der Waals surface area (Å²) in [7, 11) is 0. The number of rotatable bonds is 5. The van der Waals surface area contributed by atoms with Crippen molar-refractivity contribution in [2.75, 3.05) is 18.2 Å². The van der Waals surface area contributed by atoms with E-state index in [-0.39, 0.29) is 5.91 Å². The summed E-state index contributed by atoms with van der Waals surface area (Å²) in [6.45, 7) is 2.41. The second-order valence-corrected chi connectivity index (χ2v) is 7.81. The van der Waals surface area contributed by atoms with Gasteiger partial charge in [0.25, 0.3) is 5.91 Å². The first-order valence-electron chi connectivity index (χ1n) is 8.60. The normalized spacial score (nSPS) is 11.0. The fraction of sp³-hybridized carbons (Fsp3) is 0.143. The van der Waals surface area contributed by atoms with Gasteiger partial charge in [-0.1, -0.05) is 41.7 Å². The van der Waals surface area contributed by atoms with Crippen molar-refractivity contribution in [3.8, 4) is 5.75 Å². The van der Waals surface area contributed by atoms with Gasteiger partial charge in [0.2, 0.25) is 0 Å².